The second-order valence-corrected chi connectivity index (χ2v) is 5.67. The van der Waals surface area contributed by atoms with E-state index in [1.165, 1.54) is 6.42 Å². The fourth-order valence-corrected chi connectivity index (χ4v) is 2.41. The molecule has 2 atom stereocenters. The van der Waals surface area contributed by atoms with Crippen molar-refractivity contribution < 1.29 is 14.7 Å². The smallest absolute Gasteiger partial charge is 0.249 e. The first-order chi connectivity index (χ1) is 10.7. The molecule has 0 aliphatic rings. The van der Waals surface area contributed by atoms with Crippen molar-refractivity contribution in [2.75, 3.05) is 0 Å². The number of nitrogens with one attached hydrogen (secondary N) is 1. The summed E-state index contributed by atoms with van der Waals surface area (Å²) in [6.07, 6.45) is 5.06. The van der Waals surface area contributed by atoms with Crippen LogP contribution in [-0.4, -0.2) is 17.1 Å². The molecule has 1 aromatic carbocycles. The van der Waals surface area contributed by atoms with Crippen LogP contribution < -0.4 is 5.48 Å². The second-order valence-electron chi connectivity index (χ2n) is 5.67. The van der Waals surface area contributed by atoms with Gasteiger partial charge < -0.3 is 5.11 Å². The van der Waals surface area contributed by atoms with E-state index in [9.17, 15) is 9.90 Å². The molecule has 0 bridgehead atoms. The average Bonchev–Trinajstić information content (AvgIpc) is 2.55. The van der Waals surface area contributed by atoms with Crippen molar-refractivity contribution in [3.05, 3.63) is 35.9 Å². The van der Waals surface area contributed by atoms with Crippen LogP contribution >= 0.6 is 0 Å². The molecule has 22 heavy (non-hydrogen) atoms. The molecule has 1 aromatic rings. The van der Waals surface area contributed by atoms with Crippen molar-refractivity contribution in [1.82, 2.24) is 5.48 Å². The van der Waals surface area contributed by atoms with E-state index >= 15 is 0 Å². The van der Waals surface area contributed by atoms with E-state index in [0.29, 0.717) is 19.4 Å². The van der Waals surface area contributed by atoms with Crippen LogP contribution in [0.2, 0.25) is 0 Å². The maximum Gasteiger partial charge on any atom is 0.249 e. The van der Waals surface area contributed by atoms with Gasteiger partial charge in [-0.2, -0.15) is 0 Å². The predicted molar refractivity (Wildman–Crippen MR) is 87.9 cm³/mol. The zero-order valence-corrected chi connectivity index (χ0v) is 13.8. The number of aliphatic hydroxyl groups is 1. The van der Waals surface area contributed by atoms with Crippen molar-refractivity contribution in [3.63, 3.8) is 0 Å². The predicted octanol–water partition coefficient (Wildman–Crippen LogP) is 3.59. The lowest BCUT2D eigenvalue weighted by Crippen LogP contribution is -2.37. The Hall–Kier alpha value is -1.39. The van der Waals surface area contributed by atoms with E-state index < -0.39 is 12.0 Å². The van der Waals surface area contributed by atoms with Crippen LogP contribution in [0.1, 0.15) is 57.9 Å². The Morgan fingerprint density at radius 1 is 1.18 bits per heavy atom. The Bertz CT molecular complexity index is 408. The minimum absolute atomic E-state index is 0.221. The summed E-state index contributed by atoms with van der Waals surface area (Å²) >= 11 is 0. The monoisotopic (exact) mass is 307 g/mol. The van der Waals surface area contributed by atoms with Crippen LogP contribution in [0.25, 0.3) is 0 Å². The number of hydroxylamine groups is 1. The van der Waals surface area contributed by atoms with Crippen molar-refractivity contribution in [2.45, 2.75) is 65.1 Å². The molecule has 0 saturated heterocycles. The number of hydrogen-bond acceptors (Lipinski definition) is 3. The quantitative estimate of drug-likeness (QED) is 0.485. The van der Waals surface area contributed by atoms with Crippen LogP contribution in [0.4, 0.5) is 0 Å². The fourth-order valence-electron chi connectivity index (χ4n) is 2.41. The molecule has 0 radical (unpaired) electrons. The maximum absolute atomic E-state index is 12.2. The number of unbranched alkanes of at least 4 members (excludes halogenated alkanes) is 3. The number of benzene rings is 1. The molecule has 0 heterocycles. The normalized spacial score (nSPS) is 13.6. The molecular formula is C18H29NO3. The van der Waals surface area contributed by atoms with Gasteiger partial charge in [0.15, 0.2) is 0 Å². The number of amides is 1. The van der Waals surface area contributed by atoms with Crippen molar-refractivity contribution in [2.24, 2.45) is 5.92 Å². The van der Waals surface area contributed by atoms with Gasteiger partial charge in [-0.05, 0) is 18.4 Å². The van der Waals surface area contributed by atoms with Crippen LogP contribution in [-0.2, 0) is 16.2 Å². The molecule has 1 rings (SSSR count). The van der Waals surface area contributed by atoms with Gasteiger partial charge in [-0.3, -0.25) is 9.63 Å². The lowest BCUT2D eigenvalue weighted by Gasteiger charge is -2.21. The molecule has 0 aromatic heterocycles. The number of hydrogen-bond donors (Lipinski definition) is 2. The van der Waals surface area contributed by atoms with Crippen LogP contribution in [0.3, 0.4) is 0 Å². The molecule has 0 spiro atoms. The summed E-state index contributed by atoms with van der Waals surface area (Å²) in [7, 11) is 0. The molecule has 0 aliphatic carbocycles. The summed E-state index contributed by atoms with van der Waals surface area (Å²) in [6, 6.07) is 9.67. The van der Waals surface area contributed by atoms with Gasteiger partial charge in [-0.1, -0.05) is 69.9 Å². The Kier molecular flexibility index (Phi) is 9.51. The summed E-state index contributed by atoms with van der Waals surface area (Å²) in [4.78, 5) is 17.5. The highest BCUT2D eigenvalue weighted by Crippen LogP contribution is 2.17. The SMILES string of the molecule is CCCCCC[C@@H](C(=O)NOCc1ccccc1)[C@@H](O)CC. The average molecular weight is 307 g/mol. The van der Waals surface area contributed by atoms with Crippen LogP contribution in [0.5, 0.6) is 0 Å². The molecule has 124 valence electrons. The molecule has 0 aliphatic heterocycles. The Morgan fingerprint density at radius 2 is 1.91 bits per heavy atom. The third kappa shape index (κ3) is 7.05. The first-order valence-corrected chi connectivity index (χ1v) is 8.32. The maximum atomic E-state index is 12.2. The van der Waals surface area contributed by atoms with Gasteiger partial charge in [0.05, 0.1) is 18.6 Å². The molecule has 0 unspecified atom stereocenters. The highest BCUT2D eigenvalue weighted by molar-refractivity contribution is 5.78. The van der Waals surface area contributed by atoms with E-state index in [0.717, 1.165) is 24.8 Å². The minimum Gasteiger partial charge on any atom is -0.392 e. The van der Waals surface area contributed by atoms with E-state index in [-0.39, 0.29) is 5.91 Å². The standard InChI is InChI=1S/C18H29NO3/c1-3-5-6-10-13-16(17(20)4-2)18(21)19-22-14-15-11-8-7-9-12-15/h7-9,11-12,16-17,20H,3-6,10,13-14H2,1-2H3,(H,19,21)/t16-,17+/m1/s1. The lowest BCUT2D eigenvalue weighted by molar-refractivity contribution is -0.143. The highest BCUT2D eigenvalue weighted by atomic mass is 16.6. The first-order valence-electron chi connectivity index (χ1n) is 8.32. The summed E-state index contributed by atoms with van der Waals surface area (Å²) in [5.74, 6) is -0.612. The highest BCUT2D eigenvalue weighted by Gasteiger charge is 2.25. The Labute approximate surface area is 133 Å². The number of aliphatic hydroxyl groups excluding tert-OH is 1. The number of rotatable bonds is 11. The number of carbonyl (C=O) groups excluding carboxylic acids is 1. The molecule has 1 amide bonds. The molecule has 0 fully saturated rings. The van der Waals surface area contributed by atoms with E-state index in [4.69, 9.17) is 4.84 Å². The van der Waals surface area contributed by atoms with Crippen molar-refractivity contribution >= 4 is 5.91 Å². The molecule has 4 heteroatoms. The van der Waals surface area contributed by atoms with Crippen molar-refractivity contribution in [3.8, 4) is 0 Å². The van der Waals surface area contributed by atoms with Gasteiger partial charge in [0.2, 0.25) is 5.91 Å². The largest absolute Gasteiger partial charge is 0.392 e. The van der Waals surface area contributed by atoms with Crippen LogP contribution in [0, 0.1) is 5.92 Å². The van der Waals surface area contributed by atoms with E-state index in [2.05, 4.69) is 12.4 Å². The first kappa shape index (κ1) is 18.7. The third-order valence-electron chi connectivity index (χ3n) is 3.84. The van der Waals surface area contributed by atoms with Gasteiger partial charge in [0, 0.05) is 0 Å². The van der Waals surface area contributed by atoms with Gasteiger partial charge in [-0.25, -0.2) is 5.48 Å². The van der Waals surface area contributed by atoms with E-state index in [1.807, 2.05) is 37.3 Å². The second kappa shape index (κ2) is 11.2. The zero-order valence-electron chi connectivity index (χ0n) is 13.8. The third-order valence-corrected chi connectivity index (χ3v) is 3.84. The molecular weight excluding hydrogens is 278 g/mol. The number of carbonyl (C=O) groups is 1. The molecule has 4 nitrogen and oxygen atoms in total. The molecule has 2 N–H and O–H groups in total. The van der Waals surface area contributed by atoms with Crippen molar-refractivity contribution in [1.29, 1.82) is 0 Å². The Balaban J connectivity index is 2.38. The summed E-state index contributed by atoms with van der Waals surface area (Å²) in [6.45, 7) is 4.38. The van der Waals surface area contributed by atoms with Gasteiger partial charge >= 0.3 is 0 Å². The molecule has 0 saturated carbocycles. The zero-order chi connectivity index (χ0) is 16.2. The lowest BCUT2D eigenvalue weighted by atomic mass is 9.93. The summed E-state index contributed by atoms with van der Waals surface area (Å²) < 4.78 is 0. The van der Waals surface area contributed by atoms with E-state index in [1.54, 1.807) is 0 Å². The van der Waals surface area contributed by atoms with Gasteiger partial charge in [0.25, 0.3) is 0 Å². The summed E-state index contributed by atoms with van der Waals surface area (Å²) in [5, 5.41) is 10.0. The Morgan fingerprint density at radius 3 is 2.55 bits per heavy atom. The topological polar surface area (TPSA) is 58.6 Å². The van der Waals surface area contributed by atoms with Crippen LogP contribution in [0.15, 0.2) is 30.3 Å². The minimum atomic E-state index is -0.609. The summed E-state index contributed by atoms with van der Waals surface area (Å²) in [5.41, 5.74) is 3.49. The van der Waals surface area contributed by atoms with Gasteiger partial charge in [0.1, 0.15) is 0 Å². The van der Waals surface area contributed by atoms with Gasteiger partial charge in [-0.15, -0.1) is 0 Å². The fraction of sp³-hybridized carbons (Fsp3) is 0.611.